The predicted molar refractivity (Wildman–Crippen MR) is 48.0 cm³/mol. The molecule has 0 rings (SSSR count). The first kappa shape index (κ1) is 12.9. The number of unbranched alkanes of at least 4 members (excludes halogenated alkanes) is 4. The van der Waals surface area contributed by atoms with Crippen molar-refractivity contribution in [2.45, 2.75) is 32.1 Å². The maximum absolute atomic E-state index is 3.77. The number of alkyl halides is 1. The summed E-state index contributed by atoms with van der Waals surface area (Å²) in [5.74, 6) is 0. The molecule has 0 heterocycles. The van der Waals surface area contributed by atoms with Crippen LogP contribution in [0.4, 0.5) is 0 Å². The van der Waals surface area contributed by atoms with Crippen LogP contribution in [0.1, 0.15) is 32.1 Å². The molecular weight excluding hydrogens is 188 g/mol. The maximum Gasteiger partial charge on any atom is 0.00313 e. The number of hydrogen-bond acceptors (Lipinski definition) is 0. The van der Waals surface area contributed by atoms with Gasteiger partial charge in [-0.25, -0.2) is 0 Å². The second kappa shape index (κ2) is 12.0. The molecule has 0 aliphatic rings. The smallest absolute Gasteiger partial charge is 0.00313 e. The van der Waals surface area contributed by atoms with Crippen LogP contribution < -0.4 is 0 Å². The van der Waals surface area contributed by atoms with Crippen LogP contribution in [-0.4, -0.2) is 28.4 Å². The molecule has 0 unspecified atom stereocenters. The fourth-order valence-electron chi connectivity index (χ4n) is 0.625. The van der Waals surface area contributed by atoms with Gasteiger partial charge in [0.1, 0.15) is 0 Å². The van der Waals surface area contributed by atoms with Crippen molar-refractivity contribution in [3.8, 4) is 0 Å². The highest BCUT2D eigenvalue weighted by Gasteiger charge is 1.84. The van der Waals surface area contributed by atoms with Gasteiger partial charge >= 0.3 is 0 Å². The van der Waals surface area contributed by atoms with Gasteiger partial charge in [-0.15, -0.1) is 0 Å². The van der Waals surface area contributed by atoms with Crippen molar-refractivity contribution in [1.29, 1.82) is 0 Å². The molecule has 3 radical (unpaired) electrons. The third-order valence-electron chi connectivity index (χ3n) is 1.13. The van der Waals surface area contributed by atoms with Gasteiger partial charge in [-0.05, 0) is 6.42 Å². The fraction of sp³-hybridized carbons (Fsp3) is 0.857. The molecule has 0 amide bonds. The minimum atomic E-state index is 0. The Morgan fingerprint density at radius 3 is 2.00 bits per heavy atom. The molecule has 0 bridgehead atoms. The molecule has 0 N–H and O–H groups in total. The Labute approximate surface area is 83.1 Å². The van der Waals surface area contributed by atoms with Crippen LogP contribution in [0, 0.1) is 6.92 Å². The highest BCUT2D eigenvalue weighted by atomic mass is 79.9. The molecule has 0 atom stereocenters. The molecule has 0 spiro atoms. The molecule has 0 aromatic heterocycles. The Balaban J connectivity index is 0. The van der Waals surface area contributed by atoms with Crippen LogP contribution in [0.25, 0.3) is 0 Å². The zero-order valence-electron chi connectivity index (χ0n) is 6.03. The van der Waals surface area contributed by atoms with E-state index in [1.54, 1.807) is 0 Å². The fourth-order valence-corrected chi connectivity index (χ4v) is 1.02. The van der Waals surface area contributed by atoms with Crippen molar-refractivity contribution in [3.63, 3.8) is 0 Å². The van der Waals surface area contributed by atoms with Crippen molar-refractivity contribution in [3.05, 3.63) is 6.92 Å². The quantitative estimate of drug-likeness (QED) is 0.365. The number of hydrogen-bond donors (Lipinski definition) is 0. The van der Waals surface area contributed by atoms with E-state index in [1.807, 2.05) is 0 Å². The molecule has 0 saturated heterocycles. The normalized spacial score (nSPS) is 8.67. The van der Waals surface area contributed by atoms with Gasteiger partial charge in [0.25, 0.3) is 0 Å². The first-order valence-corrected chi connectivity index (χ1v) is 4.39. The van der Waals surface area contributed by atoms with Crippen molar-refractivity contribution >= 4 is 39.0 Å². The summed E-state index contributed by atoms with van der Waals surface area (Å²) in [6, 6.07) is 0. The van der Waals surface area contributed by atoms with Crippen LogP contribution in [0.5, 0.6) is 0 Å². The van der Waals surface area contributed by atoms with Crippen molar-refractivity contribution in [1.82, 2.24) is 0 Å². The molecule has 0 aromatic rings. The Bertz CT molecular complexity index is 33.9. The van der Waals surface area contributed by atoms with E-state index in [0.717, 1.165) is 11.8 Å². The van der Waals surface area contributed by atoms with Crippen LogP contribution in [0.3, 0.4) is 0 Å². The minimum absolute atomic E-state index is 0. The average molecular weight is 202 g/mol. The SMILES string of the molecule is [CH2]CCCCCCBr.[Mg]. The second-order valence-electron chi connectivity index (χ2n) is 1.96. The monoisotopic (exact) mass is 201 g/mol. The van der Waals surface area contributed by atoms with Crippen LogP contribution in [0.2, 0.25) is 0 Å². The van der Waals surface area contributed by atoms with Gasteiger partial charge in [0.2, 0.25) is 0 Å². The van der Waals surface area contributed by atoms with Crippen molar-refractivity contribution < 1.29 is 0 Å². The predicted octanol–water partition coefficient (Wildman–Crippen LogP) is 2.79. The average Bonchev–Trinajstić information content (AvgIpc) is 1.81. The van der Waals surface area contributed by atoms with E-state index in [4.69, 9.17) is 0 Å². The Morgan fingerprint density at radius 1 is 1.00 bits per heavy atom. The minimum Gasteiger partial charge on any atom is -0.0928 e. The lowest BCUT2D eigenvalue weighted by Gasteiger charge is -1.93. The van der Waals surface area contributed by atoms with Crippen LogP contribution >= 0.6 is 15.9 Å². The molecule has 51 valence electrons. The van der Waals surface area contributed by atoms with Gasteiger partial charge in [0.05, 0.1) is 0 Å². The molecule has 0 aliphatic carbocycles. The lowest BCUT2D eigenvalue weighted by molar-refractivity contribution is 0.678. The zero-order chi connectivity index (χ0) is 6.24. The Kier molecular flexibility index (Phi) is 17.1. The van der Waals surface area contributed by atoms with E-state index in [2.05, 4.69) is 22.9 Å². The molecular formula is C7H14BrMg. The van der Waals surface area contributed by atoms with Crippen LogP contribution in [0.15, 0.2) is 0 Å². The first-order valence-electron chi connectivity index (χ1n) is 3.27. The summed E-state index contributed by atoms with van der Waals surface area (Å²) in [4.78, 5) is 0. The Morgan fingerprint density at radius 2 is 1.56 bits per heavy atom. The molecule has 9 heavy (non-hydrogen) atoms. The molecule has 0 aromatic carbocycles. The topological polar surface area (TPSA) is 0 Å². The van der Waals surface area contributed by atoms with Gasteiger partial charge in [-0.2, -0.15) is 0 Å². The molecule has 2 heteroatoms. The van der Waals surface area contributed by atoms with E-state index >= 15 is 0 Å². The van der Waals surface area contributed by atoms with Gasteiger partial charge < -0.3 is 0 Å². The lowest BCUT2D eigenvalue weighted by Crippen LogP contribution is -1.76. The summed E-state index contributed by atoms with van der Waals surface area (Å²) in [5.41, 5.74) is 0. The van der Waals surface area contributed by atoms with Gasteiger partial charge in [-0.3, -0.25) is 0 Å². The summed E-state index contributed by atoms with van der Waals surface area (Å²) < 4.78 is 0. The standard InChI is InChI=1S/C7H14Br.Mg/c1-2-3-4-5-6-7-8;/h1-7H2;. The van der Waals surface area contributed by atoms with Gasteiger partial charge in [0, 0.05) is 28.4 Å². The Hall–Kier alpha value is 1.25. The van der Waals surface area contributed by atoms with Crippen molar-refractivity contribution in [2.24, 2.45) is 0 Å². The van der Waals surface area contributed by atoms with E-state index in [0.29, 0.717) is 0 Å². The summed E-state index contributed by atoms with van der Waals surface area (Å²) in [5, 5.41) is 1.16. The van der Waals surface area contributed by atoms with Crippen LogP contribution in [-0.2, 0) is 0 Å². The van der Waals surface area contributed by atoms with Crippen molar-refractivity contribution in [2.75, 3.05) is 5.33 Å². The second-order valence-corrected chi connectivity index (χ2v) is 2.75. The zero-order valence-corrected chi connectivity index (χ0v) is 9.04. The largest absolute Gasteiger partial charge is 0.0928 e. The van der Waals surface area contributed by atoms with E-state index in [-0.39, 0.29) is 23.1 Å². The highest BCUT2D eigenvalue weighted by Crippen LogP contribution is 2.02. The van der Waals surface area contributed by atoms with E-state index < -0.39 is 0 Å². The van der Waals surface area contributed by atoms with E-state index in [9.17, 15) is 0 Å². The summed E-state index contributed by atoms with van der Waals surface area (Å²) >= 11 is 3.39. The molecule has 0 nitrogen and oxygen atoms in total. The number of rotatable bonds is 5. The number of halogens is 1. The summed E-state index contributed by atoms with van der Waals surface area (Å²) in [6.45, 7) is 3.77. The summed E-state index contributed by atoms with van der Waals surface area (Å²) in [6.07, 6.45) is 6.44. The lowest BCUT2D eigenvalue weighted by atomic mass is 10.2. The van der Waals surface area contributed by atoms with Gasteiger partial charge in [-0.1, -0.05) is 48.5 Å². The maximum atomic E-state index is 3.77. The highest BCUT2D eigenvalue weighted by molar-refractivity contribution is 9.09. The molecule has 0 aliphatic heterocycles. The molecule has 0 saturated carbocycles. The molecule has 0 fully saturated rings. The van der Waals surface area contributed by atoms with E-state index in [1.165, 1.54) is 25.7 Å². The first-order chi connectivity index (χ1) is 3.91. The third-order valence-corrected chi connectivity index (χ3v) is 1.69. The summed E-state index contributed by atoms with van der Waals surface area (Å²) in [7, 11) is 0. The third kappa shape index (κ3) is 12.4. The van der Waals surface area contributed by atoms with Gasteiger partial charge in [0.15, 0.2) is 0 Å².